The molecule has 0 spiro atoms. The van der Waals surface area contributed by atoms with Gasteiger partial charge >= 0.3 is 0 Å². The van der Waals surface area contributed by atoms with Crippen LogP contribution in [-0.2, 0) is 0 Å². The zero-order chi connectivity index (χ0) is 12.7. The van der Waals surface area contributed by atoms with Crippen molar-refractivity contribution in [3.05, 3.63) is 45.5 Å². The summed E-state index contributed by atoms with van der Waals surface area (Å²) in [5.41, 5.74) is 2.29. The molecule has 3 nitrogen and oxygen atoms in total. The fourth-order valence-corrected chi connectivity index (χ4v) is 2.91. The Bertz CT molecular complexity index is 748. The lowest BCUT2D eigenvalue weighted by atomic mass is 10.2. The predicted octanol–water partition coefficient (Wildman–Crippen LogP) is 4.18. The molecule has 0 unspecified atom stereocenters. The highest BCUT2D eigenvalue weighted by Crippen LogP contribution is 2.31. The maximum Gasteiger partial charge on any atom is 0.194 e. The van der Waals surface area contributed by atoms with Crippen molar-refractivity contribution in [3.63, 3.8) is 0 Å². The van der Waals surface area contributed by atoms with Crippen molar-refractivity contribution in [1.82, 2.24) is 9.38 Å². The molecule has 0 bridgehead atoms. The molecule has 18 heavy (non-hydrogen) atoms. The number of fused-ring (bicyclic) bond motifs is 1. The maximum absolute atomic E-state index is 10.7. The van der Waals surface area contributed by atoms with E-state index in [2.05, 4.69) is 4.98 Å². The van der Waals surface area contributed by atoms with E-state index in [-0.39, 0.29) is 0 Å². The third-order valence-corrected chi connectivity index (χ3v) is 4.14. The number of nitrogens with zero attached hydrogens (tertiary/aromatic N) is 2. The first-order valence-corrected chi connectivity index (χ1v) is 6.70. The van der Waals surface area contributed by atoms with E-state index in [1.54, 1.807) is 18.3 Å². The summed E-state index contributed by atoms with van der Waals surface area (Å²) in [5, 5.41) is 2.99. The average molecular weight is 297 g/mol. The first-order valence-electron chi connectivity index (χ1n) is 5.06. The van der Waals surface area contributed by atoms with E-state index in [1.165, 1.54) is 11.3 Å². The Labute approximate surface area is 117 Å². The number of carbonyl (C=O) groups excluding carboxylic acids is 1. The van der Waals surface area contributed by atoms with E-state index in [9.17, 15) is 4.79 Å². The van der Waals surface area contributed by atoms with Gasteiger partial charge in [0.15, 0.2) is 11.2 Å². The van der Waals surface area contributed by atoms with Crippen molar-refractivity contribution in [2.75, 3.05) is 0 Å². The molecule has 2 aromatic heterocycles. The van der Waals surface area contributed by atoms with E-state index in [0.29, 0.717) is 15.7 Å². The van der Waals surface area contributed by atoms with Gasteiger partial charge in [0.25, 0.3) is 0 Å². The predicted molar refractivity (Wildman–Crippen MR) is 73.9 cm³/mol. The number of hydrogen-bond acceptors (Lipinski definition) is 3. The van der Waals surface area contributed by atoms with Crippen molar-refractivity contribution in [2.24, 2.45) is 0 Å². The third-order valence-electron chi connectivity index (χ3n) is 2.56. The average Bonchev–Trinajstić information content (AvgIpc) is 2.92. The zero-order valence-corrected chi connectivity index (χ0v) is 11.3. The molecule has 0 atom stereocenters. The standard InChI is InChI=1S/C12H6Cl2N2OS/c13-9-2-1-7(3-10(9)14)11-6-18-12-15-8(5-17)4-16(11)12/h1-6H. The number of carbonyl (C=O) groups is 1. The van der Waals surface area contributed by atoms with Crippen LogP contribution in [0.15, 0.2) is 29.8 Å². The lowest BCUT2D eigenvalue weighted by Gasteiger charge is -2.01. The molecular weight excluding hydrogens is 291 g/mol. The lowest BCUT2D eigenvalue weighted by Crippen LogP contribution is -1.84. The molecule has 0 radical (unpaired) electrons. The molecule has 2 heterocycles. The van der Waals surface area contributed by atoms with Gasteiger partial charge in [0.05, 0.1) is 15.7 Å². The van der Waals surface area contributed by atoms with Crippen molar-refractivity contribution < 1.29 is 4.79 Å². The fourth-order valence-electron chi connectivity index (χ4n) is 1.72. The van der Waals surface area contributed by atoms with Gasteiger partial charge in [-0.05, 0) is 12.1 Å². The number of aldehydes is 1. The molecule has 1 aromatic carbocycles. The van der Waals surface area contributed by atoms with E-state index < -0.39 is 0 Å². The van der Waals surface area contributed by atoms with Gasteiger partial charge in [0, 0.05) is 17.1 Å². The monoisotopic (exact) mass is 296 g/mol. The van der Waals surface area contributed by atoms with Crippen LogP contribution in [0.1, 0.15) is 10.5 Å². The highest BCUT2D eigenvalue weighted by atomic mass is 35.5. The summed E-state index contributed by atoms with van der Waals surface area (Å²) in [4.78, 5) is 15.7. The Kier molecular flexibility index (Phi) is 2.86. The smallest absolute Gasteiger partial charge is 0.194 e. The van der Waals surface area contributed by atoms with Gasteiger partial charge in [-0.3, -0.25) is 9.20 Å². The van der Waals surface area contributed by atoms with Gasteiger partial charge < -0.3 is 0 Å². The molecule has 90 valence electrons. The lowest BCUT2D eigenvalue weighted by molar-refractivity contribution is 0.111. The summed E-state index contributed by atoms with van der Waals surface area (Å²) in [6.07, 6.45) is 2.44. The minimum Gasteiger partial charge on any atom is -0.296 e. The first-order chi connectivity index (χ1) is 8.69. The fraction of sp³-hybridized carbons (Fsp3) is 0. The molecule has 0 saturated heterocycles. The SMILES string of the molecule is O=Cc1cn2c(-c3ccc(Cl)c(Cl)c3)csc2n1. The van der Waals surface area contributed by atoms with Crippen molar-refractivity contribution in [3.8, 4) is 11.3 Å². The molecule has 0 N–H and O–H groups in total. The van der Waals surface area contributed by atoms with Gasteiger partial charge in [-0.1, -0.05) is 29.3 Å². The van der Waals surface area contributed by atoms with Crippen LogP contribution in [0.5, 0.6) is 0 Å². The number of imidazole rings is 1. The molecular formula is C12H6Cl2N2OS. The molecule has 3 aromatic rings. The minimum absolute atomic E-state index is 0.420. The van der Waals surface area contributed by atoms with Crippen LogP contribution in [0, 0.1) is 0 Å². The highest BCUT2D eigenvalue weighted by molar-refractivity contribution is 7.15. The quantitative estimate of drug-likeness (QED) is 0.665. The molecule has 0 aliphatic carbocycles. The van der Waals surface area contributed by atoms with Crippen molar-refractivity contribution >= 4 is 45.8 Å². The van der Waals surface area contributed by atoms with Gasteiger partial charge in [-0.15, -0.1) is 11.3 Å². The minimum atomic E-state index is 0.420. The normalized spacial score (nSPS) is 11.0. The molecule has 0 amide bonds. The largest absolute Gasteiger partial charge is 0.296 e. The van der Waals surface area contributed by atoms with Gasteiger partial charge in [0.1, 0.15) is 5.69 Å². The van der Waals surface area contributed by atoms with Crippen LogP contribution in [0.3, 0.4) is 0 Å². The molecule has 6 heteroatoms. The van der Waals surface area contributed by atoms with Crippen LogP contribution < -0.4 is 0 Å². The maximum atomic E-state index is 10.7. The second-order valence-corrected chi connectivity index (χ2v) is 5.34. The van der Waals surface area contributed by atoms with Gasteiger partial charge in [-0.25, -0.2) is 4.98 Å². The Morgan fingerprint density at radius 3 is 2.83 bits per heavy atom. The van der Waals surface area contributed by atoms with E-state index in [4.69, 9.17) is 23.2 Å². The first kappa shape index (κ1) is 11.7. The molecule has 0 aliphatic rings. The number of halogens is 2. The van der Waals surface area contributed by atoms with Crippen LogP contribution in [-0.4, -0.2) is 15.7 Å². The van der Waals surface area contributed by atoms with Crippen LogP contribution in [0.2, 0.25) is 10.0 Å². The van der Waals surface area contributed by atoms with Crippen molar-refractivity contribution in [2.45, 2.75) is 0 Å². The Morgan fingerprint density at radius 1 is 1.28 bits per heavy atom. The topological polar surface area (TPSA) is 34.4 Å². The highest BCUT2D eigenvalue weighted by Gasteiger charge is 2.10. The summed E-state index contributed by atoms with van der Waals surface area (Å²) in [5.74, 6) is 0. The Morgan fingerprint density at radius 2 is 2.11 bits per heavy atom. The summed E-state index contributed by atoms with van der Waals surface area (Å²) in [6, 6.07) is 5.43. The summed E-state index contributed by atoms with van der Waals surface area (Å²) < 4.78 is 1.87. The van der Waals surface area contributed by atoms with E-state index in [0.717, 1.165) is 22.5 Å². The van der Waals surface area contributed by atoms with Gasteiger partial charge in [-0.2, -0.15) is 0 Å². The Balaban J connectivity index is 2.20. The molecule has 3 rings (SSSR count). The van der Waals surface area contributed by atoms with Crippen molar-refractivity contribution in [1.29, 1.82) is 0 Å². The summed E-state index contributed by atoms with van der Waals surface area (Å²) in [6.45, 7) is 0. The third kappa shape index (κ3) is 1.82. The number of hydrogen-bond donors (Lipinski definition) is 0. The second kappa shape index (κ2) is 4.39. The summed E-state index contributed by atoms with van der Waals surface area (Å²) in [7, 11) is 0. The Hall–Kier alpha value is -1.36. The molecule has 0 saturated carbocycles. The number of rotatable bonds is 2. The van der Waals surface area contributed by atoms with E-state index in [1.807, 2.05) is 15.8 Å². The summed E-state index contributed by atoms with van der Waals surface area (Å²) >= 11 is 13.4. The molecule has 0 fully saturated rings. The number of thiazole rings is 1. The van der Waals surface area contributed by atoms with Crippen LogP contribution in [0.4, 0.5) is 0 Å². The van der Waals surface area contributed by atoms with Crippen LogP contribution in [0.25, 0.3) is 16.2 Å². The number of aromatic nitrogens is 2. The zero-order valence-electron chi connectivity index (χ0n) is 8.93. The molecule has 0 aliphatic heterocycles. The van der Waals surface area contributed by atoms with E-state index >= 15 is 0 Å². The van der Waals surface area contributed by atoms with Crippen LogP contribution >= 0.6 is 34.5 Å². The second-order valence-electron chi connectivity index (χ2n) is 3.69. The van der Waals surface area contributed by atoms with Gasteiger partial charge in [0.2, 0.25) is 0 Å². The number of benzene rings is 1.